The van der Waals surface area contributed by atoms with Crippen LogP contribution in [0.4, 0.5) is 0 Å². The van der Waals surface area contributed by atoms with Gasteiger partial charge in [0, 0.05) is 23.1 Å². The van der Waals surface area contributed by atoms with Crippen molar-refractivity contribution < 1.29 is 0 Å². The fourth-order valence-corrected chi connectivity index (χ4v) is 2.55. The Morgan fingerprint density at radius 2 is 1.36 bits per heavy atom. The first-order valence-corrected chi connectivity index (χ1v) is 7.20. The van der Waals surface area contributed by atoms with Gasteiger partial charge in [0.05, 0.1) is 17.3 Å². The predicted molar refractivity (Wildman–Crippen MR) is 86.0 cm³/mol. The van der Waals surface area contributed by atoms with E-state index in [0.717, 1.165) is 28.5 Å². The van der Waals surface area contributed by atoms with Gasteiger partial charge in [-0.05, 0) is 44.2 Å². The molecule has 0 aromatic carbocycles. The summed E-state index contributed by atoms with van der Waals surface area (Å²) in [5.41, 5.74) is 4.30. The molecule has 4 heteroatoms. The third kappa shape index (κ3) is 2.96. The van der Waals surface area contributed by atoms with Crippen molar-refractivity contribution in [2.24, 2.45) is 0 Å². The van der Waals surface area contributed by atoms with Gasteiger partial charge in [-0.15, -0.1) is 0 Å². The van der Waals surface area contributed by atoms with Crippen molar-refractivity contribution in [2.75, 3.05) is 0 Å². The molecule has 0 radical (unpaired) electrons. The molecule has 0 aliphatic carbocycles. The van der Waals surface area contributed by atoms with Crippen LogP contribution in [-0.2, 0) is 0 Å². The Bertz CT molecular complexity index is 809. The van der Waals surface area contributed by atoms with Gasteiger partial charge in [-0.2, -0.15) is 0 Å². The summed E-state index contributed by atoms with van der Waals surface area (Å²) < 4.78 is 0. The van der Waals surface area contributed by atoms with E-state index in [-0.39, 0.29) is 11.5 Å². The van der Waals surface area contributed by atoms with Crippen molar-refractivity contribution in [3.8, 4) is 0 Å². The average molecular weight is 291 g/mol. The monoisotopic (exact) mass is 291 g/mol. The molecular weight excluding hydrogens is 274 g/mol. The number of H-pyrrole nitrogens is 1. The lowest BCUT2D eigenvalue weighted by molar-refractivity contribution is 0.822. The Hall–Kier alpha value is -2.75. The quantitative estimate of drug-likeness (QED) is 0.807. The number of nitrogens with one attached hydrogen (secondary N) is 1. The number of rotatable bonds is 3. The van der Waals surface area contributed by atoms with Crippen molar-refractivity contribution >= 4 is 0 Å². The van der Waals surface area contributed by atoms with E-state index < -0.39 is 0 Å². The highest BCUT2D eigenvalue weighted by atomic mass is 16.1. The number of pyridine rings is 3. The summed E-state index contributed by atoms with van der Waals surface area (Å²) in [7, 11) is 0. The van der Waals surface area contributed by atoms with Crippen molar-refractivity contribution in [3.05, 3.63) is 93.4 Å². The summed E-state index contributed by atoms with van der Waals surface area (Å²) >= 11 is 0. The van der Waals surface area contributed by atoms with Gasteiger partial charge < -0.3 is 4.98 Å². The molecule has 0 atom stereocenters. The molecule has 4 nitrogen and oxygen atoms in total. The molecule has 0 saturated carbocycles. The Morgan fingerprint density at radius 1 is 0.818 bits per heavy atom. The zero-order valence-corrected chi connectivity index (χ0v) is 12.6. The molecule has 110 valence electrons. The smallest absolute Gasteiger partial charge is 0.248 e. The Kier molecular flexibility index (Phi) is 3.83. The van der Waals surface area contributed by atoms with Crippen molar-refractivity contribution in [1.29, 1.82) is 0 Å². The average Bonchev–Trinajstić information content (AvgIpc) is 2.48. The molecule has 3 aromatic rings. The van der Waals surface area contributed by atoms with Crippen molar-refractivity contribution in [3.63, 3.8) is 0 Å². The summed E-state index contributed by atoms with van der Waals surface area (Å²) in [5.74, 6) is -0.186. The Balaban J connectivity index is 2.20. The van der Waals surface area contributed by atoms with Gasteiger partial charge in [0.15, 0.2) is 0 Å². The summed E-state index contributed by atoms with van der Waals surface area (Å²) in [6.45, 7) is 3.91. The van der Waals surface area contributed by atoms with Crippen LogP contribution in [0.15, 0.2) is 59.4 Å². The van der Waals surface area contributed by atoms with Crippen molar-refractivity contribution in [1.82, 2.24) is 15.0 Å². The van der Waals surface area contributed by atoms with Gasteiger partial charge >= 0.3 is 0 Å². The number of aromatic nitrogens is 3. The Morgan fingerprint density at radius 3 is 1.86 bits per heavy atom. The maximum absolute atomic E-state index is 11.7. The first kappa shape index (κ1) is 14.2. The second-order valence-electron chi connectivity index (χ2n) is 5.31. The third-order valence-electron chi connectivity index (χ3n) is 3.51. The molecule has 0 aliphatic heterocycles. The van der Waals surface area contributed by atoms with Crippen LogP contribution in [0.1, 0.15) is 34.4 Å². The maximum atomic E-state index is 11.7. The predicted octanol–water partition coefficient (Wildman–Crippen LogP) is 2.96. The molecule has 0 bridgehead atoms. The number of hydrogen-bond donors (Lipinski definition) is 1. The van der Waals surface area contributed by atoms with Crippen LogP contribution in [0.25, 0.3) is 0 Å². The number of hydrogen-bond acceptors (Lipinski definition) is 3. The number of aryl methyl sites for hydroxylation is 2. The molecule has 3 rings (SSSR count). The molecular formula is C18H17N3O. The molecule has 0 spiro atoms. The minimum absolute atomic E-state index is 0.122. The lowest BCUT2D eigenvalue weighted by Gasteiger charge is -2.17. The lowest BCUT2D eigenvalue weighted by atomic mass is 9.95. The van der Waals surface area contributed by atoms with Gasteiger partial charge in [0.25, 0.3) is 0 Å². The van der Waals surface area contributed by atoms with Crippen molar-refractivity contribution in [2.45, 2.75) is 19.8 Å². The van der Waals surface area contributed by atoms with Crippen LogP contribution in [0.5, 0.6) is 0 Å². The second-order valence-corrected chi connectivity index (χ2v) is 5.31. The van der Waals surface area contributed by atoms with Crippen LogP contribution in [0.2, 0.25) is 0 Å². The zero-order valence-electron chi connectivity index (χ0n) is 12.6. The second kappa shape index (κ2) is 5.93. The number of nitrogens with zero attached hydrogens (tertiary/aromatic N) is 2. The first-order chi connectivity index (χ1) is 10.6. The highest BCUT2D eigenvalue weighted by Gasteiger charge is 2.20. The van der Waals surface area contributed by atoms with Gasteiger partial charge in [-0.3, -0.25) is 14.8 Å². The molecule has 3 heterocycles. The molecule has 22 heavy (non-hydrogen) atoms. The first-order valence-electron chi connectivity index (χ1n) is 7.20. The Labute approximate surface area is 128 Å². The molecule has 3 aromatic heterocycles. The van der Waals surface area contributed by atoms with E-state index >= 15 is 0 Å². The fourth-order valence-electron chi connectivity index (χ4n) is 2.55. The fraction of sp³-hybridized carbons (Fsp3) is 0.167. The van der Waals surface area contributed by atoms with Gasteiger partial charge in [-0.1, -0.05) is 18.2 Å². The lowest BCUT2D eigenvalue weighted by Crippen LogP contribution is -2.14. The van der Waals surface area contributed by atoms with E-state index in [1.54, 1.807) is 6.07 Å². The van der Waals surface area contributed by atoms with E-state index in [1.165, 1.54) is 6.07 Å². The molecule has 1 N–H and O–H groups in total. The normalized spacial score (nSPS) is 10.9. The van der Waals surface area contributed by atoms with E-state index in [1.807, 2.05) is 56.3 Å². The van der Waals surface area contributed by atoms with Crippen LogP contribution in [0, 0.1) is 13.8 Å². The topological polar surface area (TPSA) is 58.6 Å². The minimum Gasteiger partial charge on any atom is -0.325 e. The van der Waals surface area contributed by atoms with Crippen LogP contribution in [0.3, 0.4) is 0 Å². The molecule has 0 amide bonds. The summed E-state index contributed by atoms with van der Waals surface area (Å²) in [5, 5.41) is 0. The summed E-state index contributed by atoms with van der Waals surface area (Å²) in [4.78, 5) is 23.8. The summed E-state index contributed by atoms with van der Waals surface area (Å²) in [6, 6.07) is 17.0. The minimum atomic E-state index is -0.186. The highest BCUT2D eigenvalue weighted by molar-refractivity contribution is 5.34. The van der Waals surface area contributed by atoms with Gasteiger partial charge in [-0.25, -0.2) is 0 Å². The number of aromatic amines is 1. The molecule has 0 saturated heterocycles. The standard InChI is InChI=1S/C18H17N3O/c1-12-6-3-8-14(19-12)18(15-9-4-7-13(2)20-15)16-10-5-11-17(22)21-16/h3-11,18H,1-2H3,(H,21,22). The summed E-state index contributed by atoms with van der Waals surface area (Å²) in [6.07, 6.45) is 0. The largest absolute Gasteiger partial charge is 0.325 e. The van der Waals surface area contributed by atoms with Gasteiger partial charge in [0.2, 0.25) is 5.56 Å². The van der Waals surface area contributed by atoms with Gasteiger partial charge in [0.1, 0.15) is 0 Å². The SMILES string of the molecule is Cc1cccc(C(c2cccc(C)n2)c2cccc(=O)[nH]2)n1. The van der Waals surface area contributed by atoms with Crippen LogP contribution < -0.4 is 5.56 Å². The maximum Gasteiger partial charge on any atom is 0.248 e. The van der Waals surface area contributed by atoms with E-state index in [0.29, 0.717) is 0 Å². The van der Waals surface area contributed by atoms with E-state index in [4.69, 9.17) is 0 Å². The molecule has 0 unspecified atom stereocenters. The van der Waals surface area contributed by atoms with E-state index in [9.17, 15) is 4.79 Å². The zero-order chi connectivity index (χ0) is 15.5. The van der Waals surface area contributed by atoms with E-state index in [2.05, 4.69) is 15.0 Å². The molecule has 0 fully saturated rings. The third-order valence-corrected chi connectivity index (χ3v) is 3.51. The highest BCUT2D eigenvalue weighted by Crippen LogP contribution is 2.27. The van der Waals surface area contributed by atoms with Crippen LogP contribution in [-0.4, -0.2) is 15.0 Å². The molecule has 0 aliphatic rings. The van der Waals surface area contributed by atoms with Crippen LogP contribution >= 0.6 is 0 Å².